The molecule has 7 nitrogen and oxygen atoms in total. The van der Waals surface area contributed by atoms with Crippen LogP contribution in [0.5, 0.6) is 0 Å². The van der Waals surface area contributed by atoms with Gasteiger partial charge in [-0.2, -0.15) is 0 Å². The third-order valence-electron chi connectivity index (χ3n) is 4.37. The van der Waals surface area contributed by atoms with Gasteiger partial charge in [-0.05, 0) is 43.0 Å². The van der Waals surface area contributed by atoms with E-state index in [1.165, 1.54) is 6.07 Å². The van der Waals surface area contributed by atoms with Crippen LogP contribution < -0.4 is 10.2 Å². The molecule has 0 aliphatic heterocycles. The van der Waals surface area contributed by atoms with Crippen molar-refractivity contribution in [3.63, 3.8) is 0 Å². The predicted molar refractivity (Wildman–Crippen MR) is 118 cm³/mol. The van der Waals surface area contributed by atoms with Crippen molar-refractivity contribution in [2.24, 2.45) is 17.0 Å². The van der Waals surface area contributed by atoms with Gasteiger partial charge in [-0.1, -0.05) is 50.5 Å². The van der Waals surface area contributed by atoms with E-state index in [1.54, 1.807) is 12.1 Å². The molecule has 2 aromatic rings. The zero-order valence-corrected chi connectivity index (χ0v) is 17.7. The summed E-state index contributed by atoms with van der Waals surface area (Å²) in [6.45, 7) is 11.8. The molecule has 0 amide bonds. The van der Waals surface area contributed by atoms with Gasteiger partial charge in [-0.25, -0.2) is 0 Å². The van der Waals surface area contributed by atoms with Crippen LogP contribution in [0.3, 0.4) is 0 Å². The third kappa shape index (κ3) is 6.20. The van der Waals surface area contributed by atoms with E-state index in [4.69, 9.17) is 0 Å². The van der Waals surface area contributed by atoms with Gasteiger partial charge in [0.05, 0.1) is 4.92 Å². The van der Waals surface area contributed by atoms with Crippen LogP contribution in [0.25, 0.3) is 0 Å². The van der Waals surface area contributed by atoms with Gasteiger partial charge in [-0.15, -0.1) is 0 Å². The number of amidine groups is 1. The van der Waals surface area contributed by atoms with E-state index in [0.717, 1.165) is 24.3 Å². The number of nitrogens with zero attached hydrogens (tertiary/aromatic N) is 3. The molecule has 0 saturated heterocycles. The number of hydrogen-bond acceptors (Lipinski definition) is 5. The standard InChI is InChI=1S/C22H30N4O3/c1-15(2)13-25(14-16(3)4)20-11-8-18(12-21(20)26(28)29)22(24-27)23-19-9-6-17(5)7-10-19/h6-12,15-16,27H,13-14H2,1-5H3,(H,23,24). The number of aryl methyl sites for hydroxylation is 1. The van der Waals surface area contributed by atoms with Crippen molar-refractivity contribution in [1.29, 1.82) is 0 Å². The number of rotatable bonds is 8. The summed E-state index contributed by atoms with van der Waals surface area (Å²) in [5, 5.41) is 27.6. The summed E-state index contributed by atoms with van der Waals surface area (Å²) >= 11 is 0. The highest BCUT2D eigenvalue weighted by atomic mass is 16.6. The highest BCUT2D eigenvalue weighted by Gasteiger charge is 2.23. The molecule has 2 rings (SSSR count). The lowest BCUT2D eigenvalue weighted by atomic mass is 10.1. The molecule has 0 aliphatic rings. The quantitative estimate of drug-likeness (QED) is 0.208. The molecule has 0 atom stereocenters. The van der Waals surface area contributed by atoms with Crippen LogP contribution in [-0.2, 0) is 0 Å². The Kier molecular flexibility index (Phi) is 7.59. The molecule has 2 aromatic carbocycles. The monoisotopic (exact) mass is 398 g/mol. The van der Waals surface area contributed by atoms with Gasteiger partial charge in [0.25, 0.3) is 5.69 Å². The van der Waals surface area contributed by atoms with E-state index in [1.807, 2.05) is 31.2 Å². The van der Waals surface area contributed by atoms with E-state index in [2.05, 4.69) is 43.1 Å². The maximum Gasteiger partial charge on any atom is 0.293 e. The number of oxime groups is 1. The van der Waals surface area contributed by atoms with Crippen molar-refractivity contribution < 1.29 is 10.1 Å². The predicted octanol–water partition coefficient (Wildman–Crippen LogP) is 5.27. The summed E-state index contributed by atoms with van der Waals surface area (Å²) in [5.41, 5.74) is 2.85. The summed E-state index contributed by atoms with van der Waals surface area (Å²) in [4.78, 5) is 13.5. The molecular formula is C22H30N4O3. The molecule has 156 valence electrons. The van der Waals surface area contributed by atoms with E-state index < -0.39 is 0 Å². The Balaban J connectivity index is 2.40. The summed E-state index contributed by atoms with van der Waals surface area (Å²) in [6.07, 6.45) is 0. The molecule has 0 aromatic heterocycles. The fourth-order valence-electron chi connectivity index (χ4n) is 3.17. The van der Waals surface area contributed by atoms with Crippen LogP contribution in [0.2, 0.25) is 0 Å². The Labute approximate surface area is 172 Å². The largest absolute Gasteiger partial charge is 0.409 e. The van der Waals surface area contributed by atoms with Gasteiger partial charge in [0.1, 0.15) is 5.69 Å². The minimum atomic E-state index is -0.382. The first-order valence-corrected chi connectivity index (χ1v) is 9.80. The first-order chi connectivity index (χ1) is 13.7. The van der Waals surface area contributed by atoms with Gasteiger partial charge < -0.3 is 15.4 Å². The Hall–Kier alpha value is -3.09. The number of nitrogens with one attached hydrogen (secondary N) is 1. The molecule has 0 heterocycles. The van der Waals surface area contributed by atoms with Gasteiger partial charge >= 0.3 is 0 Å². The van der Waals surface area contributed by atoms with Crippen LogP contribution >= 0.6 is 0 Å². The molecule has 0 fully saturated rings. The lowest BCUT2D eigenvalue weighted by Crippen LogP contribution is -2.32. The minimum absolute atomic E-state index is 0.00402. The normalized spacial score (nSPS) is 11.8. The Bertz CT molecular complexity index is 851. The highest BCUT2D eigenvalue weighted by Crippen LogP contribution is 2.31. The Morgan fingerprint density at radius 3 is 2.17 bits per heavy atom. The third-order valence-corrected chi connectivity index (χ3v) is 4.37. The molecule has 0 spiro atoms. The number of hydrogen-bond donors (Lipinski definition) is 2. The van der Waals surface area contributed by atoms with Crippen molar-refractivity contribution in [1.82, 2.24) is 0 Å². The zero-order valence-electron chi connectivity index (χ0n) is 17.7. The first-order valence-electron chi connectivity index (χ1n) is 9.80. The van der Waals surface area contributed by atoms with Crippen LogP contribution in [0, 0.1) is 28.9 Å². The molecule has 2 N–H and O–H groups in total. The Morgan fingerprint density at radius 2 is 1.69 bits per heavy atom. The van der Waals surface area contributed by atoms with Crippen LogP contribution in [0.4, 0.5) is 17.1 Å². The van der Waals surface area contributed by atoms with Crippen molar-refractivity contribution in [2.75, 3.05) is 23.3 Å². The second kappa shape index (κ2) is 9.91. The smallest absolute Gasteiger partial charge is 0.293 e. The summed E-state index contributed by atoms with van der Waals surface area (Å²) in [6, 6.07) is 12.5. The molecule has 0 radical (unpaired) electrons. The maximum atomic E-state index is 11.8. The average Bonchev–Trinajstić information content (AvgIpc) is 2.65. The van der Waals surface area contributed by atoms with Crippen molar-refractivity contribution in [3.05, 3.63) is 63.7 Å². The number of benzene rings is 2. The lowest BCUT2D eigenvalue weighted by molar-refractivity contribution is -0.384. The lowest BCUT2D eigenvalue weighted by Gasteiger charge is -2.28. The molecule has 0 bridgehead atoms. The molecule has 29 heavy (non-hydrogen) atoms. The zero-order chi connectivity index (χ0) is 21.6. The second-order valence-electron chi connectivity index (χ2n) is 8.09. The van der Waals surface area contributed by atoms with Gasteiger partial charge in [0.15, 0.2) is 5.84 Å². The van der Waals surface area contributed by atoms with Crippen molar-refractivity contribution in [2.45, 2.75) is 34.6 Å². The van der Waals surface area contributed by atoms with Crippen LogP contribution in [-0.4, -0.2) is 29.1 Å². The van der Waals surface area contributed by atoms with Gasteiger partial charge in [-0.3, -0.25) is 10.1 Å². The fourth-order valence-corrected chi connectivity index (χ4v) is 3.17. The molecule has 0 saturated carbocycles. The van der Waals surface area contributed by atoms with E-state index >= 15 is 0 Å². The summed E-state index contributed by atoms with van der Waals surface area (Å²) in [5.74, 6) is 0.888. The Morgan fingerprint density at radius 1 is 1.10 bits per heavy atom. The summed E-state index contributed by atoms with van der Waals surface area (Å²) < 4.78 is 0. The fraction of sp³-hybridized carbons (Fsp3) is 0.409. The SMILES string of the molecule is Cc1ccc(NC(=NO)c2ccc(N(CC(C)C)CC(C)C)c([N+](=O)[O-])c2)cc1. The molecule has 7 heteroatoms. The van der Waals surface area contributed by atoms with Crippen molar-refractivity contribution >= 4 is 22.9 Å². The van der Waals surface area contributed by atoms with Gasteiger partial charge in [0, 0.05) is 30.4 Å². The highest BCUT2D eigenvalue weighted by molar-refractivity contribution is 6.08. The number of nitro benzene ring substituents is 1. The van der Waals surface area contributed by atoms with E-state index in [-0.39, 0.29) is 16.4 Å². The van der Waals surface area contributed by atoms with E-state index in [0.29, 0.717) is 23.1 Å². The second-order valence-corrected chi connectivity index (χ2v) is 8.09. The number of anilines is 2. The van der Waals surface area contributed by atoms with Crippen LogP contribution in [0.1, 0.15) is 38.8 Å². The number of nitro groups is 1. The van der Waals surface area contributed by atoms with E-state index in [9.17, 15) is 15.3 Å². The average molecular weight is 399 g/mol. The van der Waals surface area contributed by atoms with Crippen molar-refractivity contribution in [3.8, 4) is 0 Å². The first kappa shape index (κ1) is 22.2. The van der Waals surface area contributed by atoms with Gasteiger partial charge in [0.2, 0.25) is 0 Å². The summed E-state index contributed by atoms with van der Waals surface area (Å²) in [7, 11) is 0. The maximum absolute atomic E-state index is 11.8. The molecule has 0 aliphatic carbocycles. The topological polar surface area (TPSA) is 91.0 Å². The van der Waals surface area contributed by atoms with Crippen LogP contribution in [0.15, 0.2) is 47.6 Å². The molecular weight excluding hydrogens is 368 g/mol. The molecule has 0 unspecified atom stereocenters. The minimum Gasteiger partial charge on any atom is -0.409 e.